The maximum atomic E-state index is 12.8. The lowest BCUT2D eigenvalue weighted by atomic mass is 9.92. The zero-order valence-corrected chi connectivity index (χ0v) is 22.9. The third kappa shape index (κ3) is 6.38. The second-order valence-corrected chi connectivity index (χ2v) is 10.5. The minimum absolute atomic E-state index is 0.0698. The summed E-state index contributed by atoms with van der Waals surface area (Å²) >= 11 is 1.13. The number of thiazole rings is 1. The van der Waals surface area contributed by atoms with Crippen LogP contribution in [0, 0.1) is 5.92 Å². The summed E-state index contributed by atoms with van der Waals surface area (Å²) in [4.78, 5) is 37.8. The predicted molar refractivity (Wildman–Crippen MR) is 157 cm³/mol. The van der Waals surface area contributed by atoms with Gasteiger partial charge in [-0.05, 0) is 54.3 Å². The Kier molecular flexibility index (Phi) is 8.52. The second-order valence-electron chi connectivity index (χ2n) is 9.50. The molecule has 40 heavy (non-hydrogen) atoms. The predicted octanol–water partition coefficient (Wildman–Crippen LogP) is 5.95. The Labute approximate surface area is 236 Å². The quantitative estimate of drug-likeness (QED) is 0.150. The SMILES string of the molecule is COC(=O)C(Cc1ccccc1)Cc1ccc(OCCn2c(=O)sc3cc(C(=O)c4ccccc4)ccc32)cc1. The number of hydrogen-bond acceptors (Lipinski definition) is 6. The van der Waals surface area contributed by atoms with Crippen LogP contribution in [0.25, 0.3) is 10.2 Å². The Morgan fingerprint density at radius 1 is 0.800 bits per heavy atom. The molecule has 1 heterocycles. The van der Waals surface area contributed by atoms with Crippen molar-refractivity contribution in [1.29, 1.82) is 0 Å². The van der Waals surface area contributed by atoms with Gasteiger partial charge in [0.2, 0.25) is 0 Å². The molecule has 0 radical (unpaired) electrons. The van der Waals surface area contributed by atoms with Gasteiger partial charge in [0.1, 0.15) is 12.4 Å². The average molecular weight is 552 g/mol. The summed E-state index contributed by atoms with van der Waals surface area (Å²) in [6.45, 7) is 0.697. The third-order valence-corrected chi connectivity index (χ3v) is 7.76. The van der Waals surface area contributed by atoms with Crippen LogP contribution < -0.4 is 9.61 Å². The number of nitrogens with zero attached hydrogens (tertiary/aromatic N) is 1. The number of aromatic nitrogens is 1. The van der Waals surface area contributed by atoms with Crippen molar-refractivity contribution in [2.75, 3.05) is 13.7 Å². The van der Waals surface area contributed by atoms with Gasteiger partial charge in [0.25, 0.3) is 0 Å². The van der Waals surface area contributed by atoms with Crippen LogP contribution in [0.1, 0.15) is 27.0 Å². The summed E-state index contributed by atoms with van der Waals surface area (Å²) in [6.07, 6.45) is 1.17. The summed E-state index contributed by atoms with van der Waals surface area (Å²) in [7, 11) is 1.42. The molecule has 4 aromatic carbocycles. The van der Waals surface area contributed by atoms with E-state index < -0.39 is 0 Å². The molecule has 0 aliphatic rings. The minimum Gasteiger partial charge on any atom is -0.492 e. The zero-order chi connectivity index (χ0) is 27.9. The lowest BCUT2D eigenvalue weighted by Crippen LogP contribution is -2.21. The van der Waals surface area contributed by atoms with Gasteiger partial charge in [-0.25, -0.2) is 0 Å². The number of carbonyl (C=O) groups excluding carboxylic acids is 2. The van der Waals surface area contributed by atoms with Crippen molar-refractivity contribution in [2.45, 2.75) is 19.4 Å². The van der Waals surface area contributed by atoms with E-state index in [-0.39, 0.29) is 22.5 Å². The number of ketones is 1. The number of benzene rings is 4. The maximum absolute atomic E-state index is 12.8. The van der Waals surface area contributed by atoms with Gasteiger partial charge in [-0.15, -0.1) is 0 Å². The van der Waals surface area contributed by atoms with E-state index in [4.69, 9.17) is 9.47 Å². The summed E-state index contributed by atoms with van der Waals surface area (Å²) in [6, 6.07) is 32.0. The summed E-state index contributed by atoms with van der Waals surface area (Å²) in [5.41, 5.74) is 4.06. The van der Waals surface area contributed by atoms with Gasteiger partial charge in [-0.2, -0.15) is 0 Å². The molecule has 0 spiro atoms. The Morgan fingerprint density at radius 2 is 1.45 bits per heavy atom. The van der Waals surface area contributed by atoms with Crippen LogP contribution in [0.2, 0.25) is 0 Å². The number of carbonyl (C=O) groups is 2. The molecule has 0 saturated heterocycles. The summed E-state index contributed by atoms with van der Waals surface area (Å²) in [5, 5.41) is 0. The molecule has 1 atom stereocenters. The third-order valence-electron chi connectivity index (χ3n) is 6.81. The largest absolute Gasteiger partial charge is 0.492 e. The molecular weight excluding hydrogens is 522 g/mol. The molecule has 5 aromatic rings. The number of fused-ring (bicyclic) bond motifs is 1. The van der Waals surface area contributed by atoms with Crippen molar-refractivity contribution in [1.82, 2.24) is 4.57 Å². The van der Waals surface area contributed by atoms with E-state index in [1.807, 2.05) is 78.9 Å². The highest BCUT2D eigenvalue weighted by Crippen LogP contribution is 2.22. The average Bonchev–Trinajstić information content (AvgIpc) is 3.31. The first-order chi connectivity index (χ1) is 19.5. The van der Waals surface area contributed by atoms with Crippen molar-refractivity contribution in [3.8, 4) is 5.75 Å². The lowest BCUT2D eigenvalue weighted by molar-refractivity contribution is -0.145. The first-order valence-corrected chi connectivity index (χ1v) is 13.9. The maximum Gasteiger partial charge on any atom is 0.309 e. The lowest BCUT2D eigenvalue weighted by Gasteiger charge is -2.15. The van der Waals surface area contributed by atoms with Gasteiger partial charge in [-0.1, -0.05) is 84.1 Å². The van der Waals surface area contributed by atoms with Crippen molar-refractivity contribution in [2.24, 2.45) is 5.92 Å². The monoisotopic (exact) mass is 551 g/mol. The van der Waals surface area contributed by atoms with E-state index in [0.29, 0.717) is 42.9 Å². The van der Waals surface area contributed by atoms with E-state index in [2.05, 4.69) is 0 Å². The molecule has 0 fully saturated rings. The highest BCUT2D eigenvalue weighted by atomic mass is 32.1. The highest BCUT2D eigenvalue weighted by Gasteiger charge is 2.20. The molecule has 5 rings (SSSR count). The number of esters is 1. The molecule has 1 unspecified atom stereocenters. The number of hydrogen-bond donors (Lipinski definition) is 0. The van der Waals surface area contributed by atoms with Crippen LogP contribution >= 0.6 is 11.3 Å². The van der Waals surface area contributed by atoms with Gasteiger partial charge >= 0.3 is 10.8 Å². The van der Waals surface area contributed by atoms with Crippen LogP contribution in [0.3, 0.4) is 0 Å². The summed E-state index contributed by atoms with van der Waals surface area (Å²) < 4.78 is 13.4. The summed E-state index contributed by atoms with van der Waals surface area (Å²) in [5.74, 6) is 0.111. The van der Waals surface area contributed by atoms with Crippen LogP contribution in [0.5, 0.6) is 5.75 Å². The van der Waals surface area contributed by atoms with Gasteiger partial charge < -0.3 is 9.47 Å². The molecule has 0 N–H and O–H groups in total. The van der Waals surface area contributed by atoms with Gasteiger partial charge in [-0.3, -0.25) is 19.0 Å². The highest BCUT2D eigenvalue weighted by molar-refractivity contribution is 7.16. The normalized spacial score (nSPS) is 11.7. The Balaban J connectivity index is 1.20. The van der Waals surface area contributed by atoms with Gasteiger partial charge in [0.05, 0.1) is 29.8 Å². The standard InChI is InChI=1S/C33H29NO5S/c1-38-32(36)27(20-23-8-4-2-5-9-23)21-24-12-15-28(16-13-24)39-19-18-34-29-17-14-26(22-30(29)40-33(34)37)31(35)25-10-6-3-7-11-25/h2-17,22,27H,18-21H2,1H3. The molecule has 0 aliphatic heterocycles. The molecule has 1 aromatic heterocycles. The van der Waals surface area contributed by atoms with E-state index in [9.17, 15) is 14.4 Å². The van der Waals surface area contributed by atoms with Crippen molar-refractivity contribution >= 4 is 33.3 Å². The molecular formula is C33H29NO5S. The molecule has 0 bridgehead atoms. The first-order valence-electron chi connectivity index (χ1n) is 13.1. The van der Waals surface area contributed by atoms with Gasteiger partial charge in [0.15, 0.2) is 5.78 Å². The topological polar surface area (TPSA) is 74.6 Å². The molecule has 0 aliphatic carbocycles. The number of methoxy groups -OCH3 is 1. The molecule has 0 saturated carbocycles. The zero-order valence-electron chi connectivity index (χ0n) is 22.1. The smallest absolute Gasteiger partial charge is 0.309 e. The van der Waals surface area contributed by atoms with E-state index in [0.717, 1.165) is 32.7 Å². The van der Waals surface area contributed by atoms with Crippen molar-refractivity contribution in [3.05, 3.63) is 135 Å². The fourth-order valence-corrected chi connectivity index (χ4v) is 5.70. The second kappa shape index (κ2) is 12.6. The van der Waals surface area contributed by atoms with Crippen LogP contribution in [0.15, 0.2) is 108 Å². The van der Waals surface area contributed by atoms with Crippen molar-refractivity contribution < 1.29 is 19.1 Å². The van der Waals surface area contributed by atoms with Crippen LogP contribution in [-0.2, 0) is 28.9 Å². The molecule has 0 amide bonds. The minimum atomic E-state index is -0.276. The number of ether oxygens (including phenoxy) is 2. The Hall–Kier alpha value is -4.49. The fraction of sp³-hybridized carbons (Fsp3) is 0.182. The fourth-order valence-electron chi connectivity index (χ4n) is 4.74. The van der Waals surface area contributed by atoms with E-state index >= 15 is 0 Å². The van der Waals surface area contributed by atoms with E-state index in [1.54, 1.807) is 28.8 Å². The van der Waals surface area contributed by atoms with Gasteiger partial charge in [0, 0.05) is 11.1 Å². The van der Waals surface area contributed by atoms with Crippen LogP contribution in [-0.4, -0.2) is 30.0 Å². The van der Waals surface area contributed by atoms with Crippen LogP contribution in [0.4, 0.5) is 0 Å². The van der Waals surface area contributed by atoms with E-state index in [1.165, 1.54) is 7.11 Å². The molecule has 6 nitrogen and oxygen atoms in total. The first kappa shape index (κ1) is 27.1. The Bertz CT molecular complexity index is 1660. The molecule has 202 valence electrons. The van der Waals surface area contributed by atoms with Crippen molar-refractivity contribution in [3.63, 3.8) is 0 Å². The number of rotatable bonds is 11. The Morgan fingerprint density at radius 3 is 2.12 bits per heavy atom. The molecule has 7 heteroatoms.